The van der Waals surface area contributed by atoms with Crippen LogP contribution in [0.15, 0.2) is 40.4 Å². The first-order valence-electron chi connectivity index (χ1n) is 13.9. The van der Waals surface area contributed by atoms with Crippen LogP contribution in [0.1, 0.15) is 56.2 Å². The fourth-order valence-electron chi connectivity index (χ4n) is 5.58. The molecule has 2 amide bonds. The zero-order valence-corrected chi connectivity index (χ0v) is 24.3. The van der Waals surface area contributed by atoms with Gasteiger partial charge in [0.25, 0.3) is 0 Å². The normalized spacial score (nSPS) is 21.1. The number of thiazole rings is 1. The molecule has 2 saturated heterocycles. The van der Waals surface area contributed by atoms with Crippen molar-refractivity contribution in [2.75, 3.05) is 37.6 Å². The lowest BCUT2D eigenvalue weighted by Gasteiger charge is -2.29. The molecule has 40 heavy (non-hydrogen) atoms. The number of piperazine rings is 1. The molecule has 4 heterocycles. The first-order valence-corrected chi connectivity index (χ1v) is 14.8. The molecule has 0 bridgehead atoms. The number of hydrogen-bond acceptors (Lipinski definition) is 9. The molecule has 5 rings (SSSR count). The van der Waals surface area contributed by atoms with E-state index in [-0.39, 0.29) is 36.7 Å². The maximum absolute atomic E-state index is 13.9. The van der Waals surface area contributed by atoms with Gasteiger partial charge in [0.05, 0.1) is 28.2 Å². The Kier molecular flexibility index (Phi) is 8.53. The monoisotopic (exact) mass is 566 g/mol. The fraction of sp³-hybridized carbons (Fsp3) is 0.517. The van der Waals surface area contributed by atoms with Crippen LogP contribution in [0.3, 0.4) is 0 Å². The van der Waals surface area contributed by atoms with E-state index in [9.17, 15) is 14.7 Å². The second-order valence-corrected chi connectivity index (χ2v) is 11.9. The lowest BCUT2D eigenvalue weighted by Crippen LogP contribution is -2.48. The van der Waals surface area contributed by atoms with Crippen molar-refractivity contribution in [2.45, 2.75) is 58.2 Å². The second-order valence-electron chi connectivity index (χ2n) is 11.1. The highest BCUT2D eigenvalue weighted by atomic mass is 32.1. The Labute approximate surface area is 238 Å². The Morgan fingerprint density at radius 1 is 1.18 bits per heavy atom. The average molecular weight is 567 g/mol. The fourth-order valence-corrected chi connectivity index (χ4v) is 6.40. The number of likely N-dealkylation sites (tertiary alicyclic amines) is 1. The van der Waals surface area contributed by atoms with Gasteiger partial charge in [-0.1, -0.05) is 43.3 Å². The third kappa shape index (κ3) is 5.91. The Bertz CT molecular complexity index is 1320. The average Bonchev–Trinajstić information content (AvgIpc) is 3.69. The van der Waals surface area contributed by atoms with Crippen LogP contribution in [-0.2, 0) is 9.59 Å². The van der Waals surface area contributed by atoms with Gasteiger partial charge in [0.15, 0.2) is 11.6 Å². The Hall–Kier alpha value is -3.28. The maximum atomic E-state index is 13.9. The van der Waals surface area contributed by atoms with Gasteiger partial charge in [-0.3, -0.25) is 9.59 Å². The minimum Gasteiger partial charge on any atom is -0.391 e. The number of hydrogen-bond donors (Lipinski definition) is 3. The summed E-state index contributed by atoms with van der Waals surface area (Å²) in [5.74, 6) is 0.00472. The number of aliphatic hydroxyl groups excluding tert-OH is 1. The molecule has 11 heteroatoms. The van der Waals surface area contributed by atoms with Gasteiger partial charge in [0.1, 0.15) is 12.0 Å². The lowest BCUT2D eigenvalue weighted by atomic mass is 9.91. The van der Waals surface area contributed by atoms with E-state index in [1.165, 1.54) is 4.90 Å². The first-order chi connectivity index (χ1) is 19.2. The van der Waals surface area contributed by atoms with E-state index in [0.29, 0.717) is 5.76 Å². The Morgan fingerprint density at radius 2 is 1.90 bits per heavy atom. The van der Waals surface area contributed by atoms with Gasteiger partial charge in [-0.25, -0.2) is 4.98 Å². The standard InChI is InChI=1S/C29H38N6O4S/c1-17(2)26(24-14-25(33-39-24)34-11-9-30-10-12-34)29(38)35-15-22(36)13-23(35)28(37)32-18(3)20-5-7-21(8-6-20)27-19(4)31-16-40-27/h5-8,14,16-18,22-23,26,30,36H,9-13,15H2,1-4H3,(H,32,37)/t18-,22?,23?,26+/m0/s1. The molecule has 10 nitrogen and oxygen atoms in total. The minimum absolute atomic E-state index is 0.0857. The van der Waals surface area contributed by atoms with E-state index in [0.717, 1.165) is 53.7 Å². The molecule has 3 N–H and O–H groups in total. The number of β-amino-alcohol motifs (C(OH)–C–C–N with tert-alkyl or cyclic N) is 1. The number of nitrogens with one attached hydrogen (secondary N) is 2. The van der Waals surface area contributed by atoms with Gasteiger partial charge in [0, 0.05) is 45.2 Å². The molecule has 2 aliphatic rings. The smallest absolute Gasteiger partial charge is 0.243 e. The highest BCUT2D eigenvalue weighted by molar-refractivity contribution is 7.13. The molecule has 2 unspecified atom stereocenters. The van der Waals surface area contributed by atoms with E-state index in [2.05, 4.69) is 25.7 Å². The largest absolute Gasteiger partial charge is 0.391 e. The molecular weight excluding hydrogens is 528 g/mol. The third-order valence-corrected chi connectivity index (χ3v) is 8.82. The summed E-state index contributed by atoms with van der Waals surface area (Å²) in [6.07, 6.45) is -0.572. The third-order valence-electron chi connectivity index (χ3n) is 7.84. The molecular formula is C29H38N6O4S. The number of carbonyl (C=O) groups excluding carboxylic acids is 2. The van der Waals surface area contributed by atoms with Gasteiger partial charge in [-0.15, -0.1) is 11.3 Å². The van der Waals surface area contributed by atoms with Crippen LogP contribution in [0.2, 0.25) is 0 Å². The van der Waals surface area contributed by atoms with Crippen molar-refractivity contribution in [1.29, 1.82) is 0 Å². The van der Waals surface area contributed by atoms with Crippen LogP contribution in [0.4, 0.5) is 5.82 Å². The second kappa shape index (κ2) is 12.1. The Morgan fingerprint density at radius 3 is 2.55 bits per heavy atom. The zero-order valence-electron chi connectivity index (χ0n) is 23.5. The molecule has 214 valence electrons. The zero-order chi connectivity index (χ0) is 28.4. The number of anilines is 1. The summed E-state index contributed by atoms with van der Waals surface area (Å²) in [6, 6.07) is 8.88. The van der Waals surface area contributed by atoms with Crippen LogP contribution in [0.25, 0.3) is 10.4 Å². The molecule has 0 spiro atoms. The van der Waals surface area contributed by atoms with Crippen molar-refractivity contribution in [3.05, 3.63) is 52.9 Å². The van der Waals surface area contributed by atoms with Gasteiger partial charge < -0.3 is 30.1 Å². The summed E-state index contributed by atoms with van der Waals surface area (Å²) in [5, 5.41) is 21.1. The Balaban J connectivity index is 1.28. The summed E-state index contributed by atoms with van der Waals surface area (Å²) in [4.78, 5) is 36.4. The quantitative estimate of drug-likeness (QED) is 0.380. The molecule has 2 aliphatic heterocycles. The van der Waals surface area contributed by atoms with Crippen LogP contribution in [0.5, 0.6) is 0 Å². The predicted molar refractivity (Wildman–Crippen MR) is 154 cm³/mol. The lowest BCUT2D eigenvalue weighted by molar-refractivity contribution is -0.141. The van der Waals surface area contributed by atoms with Crippen molar-refractivity contribution in [3.8, 4) is 10.4 Å². The number of aromatic nitrogens is 2. The summed E-state index contributed by atoms with van der Waals surface area (Å²) in [5.41, 5.74) is 4.87. The van der Waals surface area contributed by atoms with Gasteiger partial charge in [-0.05, 0) is 30.9 Å². The van der Waals surface area contributed by atoms with E-state index < -0.39 is 18.1 Å². The molecule has 2 fully saturated rings. The van der Waals surface area contributed by atoms with E-state index >= 15 is 0 Å². The number of carbonyl (C=O) groups is 2. The summed E-state index contributed by atoms with van der Waals surface area (Å²) in [7, 11) is 0. The number of nitrogens with zero attached hydrogens (tertiary/aromatic N) is 4. The van der Waals surface area contributed by atoms with Crippen LogP contribution >= 0.6 is 11.3 Å². The van der Waals surface area contributed by atoms with Gasteiger partial charge >= 0.3 is 0 Å². The van der Waals surface area contributed by atoms with E-state index in [4.69, 9.17) is 4.52 Å². The number of aryl methyl sites for hydroxylation is 1. The predicted octanol–water partition coefficient (Wildman–Crippen LogP) is 3.09. The molecule has 4 atom stereocenters. The highest BCUT2D eigenvalue weighted by Gasteiger charge is 2.43. The molecule has 2 aromatic heterocycles. The molecule has 0 saturated carbocycles. The van der Waals surface area contributed by atoms with Crippen molar-refractivity contribution in [2.24, 2.45) is 5.92 Å². The number of aliphatic hydroxyl groups is 1. The highest BCUT2D eigenvalue weighted by Crippen LogP contribution is 2.33. The minimum atomic E-state index is -0.768. The van der Waals surface area contributed by atoms with Crippen molar-refractivity contribution in [1.82, 2.24) is 25.7 Å². The van der Waals surface area contributed by atoms with E-state index in [1.807, 2.05) is 63.5 Å². The van der Waals surface area contributed by atoms with Gasteiger partial charge in [0.2, 0.25) is 11.8 Å². The maximum Gasteiger partial charge on any atom is 0.243 e. The molecule has 0 radical (unpaired) electrons. The topological polar surface area (TPSA) is 124 Å². The number of amides is 2. The molecule has 1 aromatic carbocycles. The van der Waals surface area contributed by atoms with Crippen LogP contribution < -0.4 is 15.5 Å². The number of rotatable bonds is 8. The molecule has 0 aliphatic carbocycles. The van der Waals surface area contributed by atoms with E-state index in [1.54, 1.807) is 11.3 Å². The van der Waals surface area contributed by atoms with Crippen molar-refractivity contribution >= 4 is 29.0 Å². The van der Waals surface area contributed by atoms with Crippen molar-refractivity contribution in [3.63, 3.8) is 0 Å². The first kappa shape index (κ1) is 28.3. The van der Waals surface area contributed by atoms with Crippen molar-refractivity contribution < 1.29 is 19.2 Å². The number of benzene rings is 1. The summed E-state index contributed by atoms with van der Waals surface area (Å²) in [6.45, 7) is 11.3. The SMILES string of the molecule is Cc1ncsc1-c1ccc([C@H](C)NC(=O)C2CC(O)CN2C(=O)[C@@H](c2cc(N3CCNCC3)no2)C(C)C)cc1. The summed E-state index contributed by atoms with van der Waals surface area (Å²) >= 11 is 1.60. The van der Waals surface area contributed by atoms with Crippen LogP contribution in [-0.4, -0.2) is 76.8 Å². The van der Waals surface area contributed by atoms with Crippen LogP contribution in [0, 0.1) is 12.8 Å². The summed E-state index contributed by atoms with van der Waals surface area (Å²) < 4.78 is 5.68. The van der Waals surface area contributed by atoms with Gasteiger partial charge in [-0.2, -0.15) is 0 Å². The molecule has 3 aromatic rings.